The Morgan fingerprint density at radius 1 is 1.41 bits per heavy atom. The van der Waals surface area contributed by atoms with Crippen molar-refractivity contribution < 1.29 is 4.39 Å². The summed E-state index contributed by atoms with van der Waals surface area (Å²) in [6.07, 6.45) is 0.507. The maximum absolute atomic E-state index is 13.5. The summed E-state index contributed by atoms with van der Waals surface area (Å²) in [6.45, 7) is 2.03. The summed E-state index contributed by atoms with van der Waals surface area (Å²) in [5, 5.41) is -0.194. The molecular formula is C13H11BrClFS. The lowest BCUT2D eigenvalue weighted by Gasteiger charge is -2.09. The number of hydrogen-bond acceptors (Lipinski definition) is 1. The summed E-state index contributed by atoms with van der Waals surface area (Å²) in [6, 6.07) is 8.80. The molecule has 2 aromatic rings. The predicted octanol–water partition coefficient (Wildman–Crippen LogP) is 5.48. The zero-order valence-corrected chi connectivity index (χ0v) is 12.4. The molecule has 2 rings (SSSR count). The van der Waals surface area contributed by atoms with Gasteiger partial charge in [0.05, 0.1) is 5.38 Å². The van der Waals surface area contributed by atoms with Gasteiger partial charge in [0.1, 0.15) is 5.82 Å². The van der Waals surface area contributed by atoms with Gasteiger partial charge in [-0.2, -0.15) is 0 Å². The minimum Gasteiger partial charge on any atom is -0.207 e. The van der Waals surface area contributed by atoms with Crippen molar-refractivity contribution in [3.63, 3.8) is 0 Å². The Labute approximate surface area is 118 Å². The van der Waals surface area contributed by atoms with Crippen LogP contribution in [0.15, 0.2) is 34.8 Å². The van der Waals surface area contributed by atoms with Crippen molar-refractivity contribution in [2.75, 3.05) is 0 Å². The number of benzene rings is 1. The lowest BCUT2D eigenvalue weighted by molar-refractivity contribution is 0.607. The molecule has 1 aromatic heterocycles. The van der Waals surface area contributed by atoms with Crippen molar-refractivity contribution in [3.05, 3.63) is 55.9 Å². The smallest absolute Gasteiger partial charge is 0.126 e. The molecule has 1 atom stereocenters. The van der Waals surface area contributed by atoms with Crippen molar-refractivity contribution in [2.45, 2.75) is 18.7 Å². The molecule has 17 heavy (non-hydrogen) atoms. The molecule has 4 heteroatoms. The van der Waals surface area contributed by atoms with Crippen LogP contribution in [0, 0.1) is 12.7 Å². The molecular weight excluding hydrogens is 323 g/mol. The van der Waals surface area contributed by atoms with Crippen LogP contribution >= 0.6 is 38.9 Å². The number of hydrogen-bond donors (Lipinski definition) is 0. The molecule has 1 heterocycles. The van der Waals surface area contributed by atoms with E-state index in [-0.39, 0.29) is 11.2 Å². The topological polar surface area (TPSA) is 0 Å². The minimum atomic E-state index is -0.194. The zero-order chi connectivity index (χ0) is 12.4. The third kappa shape index (κ3) is 3.09. The normalized spacial score (nSPS) is 12.7. The molecule has 0 aliphatic rings. The standard InChI is InChI=1S/C13H11BrClFS/c1-8-6-10(14)13(17-8)11(15)7-9-4-2-3-5-12(9)16/h2-6,11H,7H2,1H3. The van der Waals surface area contributed by atoms with Gasteiger partial charge < -0.3 is 0 Å². The third-order valence-electron chi connectivity index (χ3n) is 2.48. The number of aryl methyl sites for hydroxylation is 1. The van der Waals surface area contributed by atoms with Crippen LogP contribution in [-0.2, 0) is 6.42 Å². The predicted molar refractivity (Wildman–Crippen MR) is 75.5 cm³/mol. The van der Waals surface area contributed by atoms with Crippen LogP contribution in [0.5, 0.6) is 0 Å². The second-order valence-electron chi connectivity index (χ2n) is 3.83. The van der Waals surface area contributed by atoms with E-state index in [1.165, 1.54) is 10.9 Å². The molecule has 1 unspecified atom stereocenters. The molecule has 0 N–H and O–H groups in total. The Hall–Kier alpha value is -0.380. The molecule has 0 saturated heterocycles. The first-order chi connectivity index (χ1) is 8.08. The molecule has 1 aromatic carbocycles. The monoisotopic (exact) mass is 332 g/mol. The first kappa shape index (κ1) is 13.1. The quantitative estimate of drug-likeness (QED) is 0.652. The molecule has 90 valence electrons. The summed E-state index contributed by atoms with van der Waals surface area (Å²) in [7, 11) is 0. The molecule has 0 fully saturated rings. The fourth-order valence-corrected chi connectivity index (χ4v) is 4.12. The van der Waals surface area contributed by atoms with Crippen LogP contribution in [0.25, 0.3) is 0 Å². The first-order valence-electron chi connectivity index (χ1n) is 5.21. The van der Waals surface area contributed by atoms with Crippen LogP contribution in [0.4, 0.5) is 4.39 Å². The summed E-state index contributed by atoms with van der Waals surface area (Å²) in [5.74, 6) is -0.192. The van der Waals surface area contributed by atoms with Crippen molar-refractivity contribution in [2.24, 2.45) is 0 Å². The lowest BCUT2D eigenvalue weighted by Crippen LogP contribution is -1.97. The molecule has 0 aliphatic carbocycles. The molecule has 0 saturated carbocycles. The molecule has 0 aliphatic heterocycles. The highest BCUT2D eigenvalue weighted by Gasteiger charge is 2.16. The van der Waals surface area contributed by atoms with E-state index >= 15 is 0 Å². The second kappa shape index (κ2) is 5.51. The van der Waals surface area contributed by atoms with Crippen molar-refractivity contribution in [1.82, 2.24) is 0 Å². The van der Waals surface area contributed by atoms with E-state index in [2.05, 4.69) is 15.9 Å². The summed E-state index contributed by atoms with van der Waals surface area (Å²) in [5.41, 5.74) is 0.658. The Balaban J connectivity index is 2.20. The van der Waals surface area contributed by atoms with Crippen molar-refractivity contribution >= 4 is 38.9 Å². The lowest BCUT2D eigenvalue weighted by atomic mass is 10.1. The van der Waals surface area contributed by atoms with E-state index in [4.69, 9.17) is 11.6 Å². The van der Waals surface area contributed by atoms with Gasteiger partial charge in [-0.15, -0.1) is 22.9 Å². The van der Waals surface area contributed by atoms with E-state index in [0.29, 0.717) is 12.0 Å². The third-order valence-corrected chi connectivity index (χ3v) is 5.06. The van der Waals surface area contributed by atoms with Crippen LogP contribution < -0.4 is 0 Å². The Kier molecular flexibility index (Phi) is 4.23. The Morgan fingerprint density at radius 3 is 2.71 bits per heavy atom. The maximum atomic E-state index is 13.5. The van der Waals surface area contributed by atoms with Gasteiger partial charge in [0.25, 0.3) is 0 Å². The molecule has 0 spiro atoms. The van der Waals surface area contributed by atoms with Crippen LogP contribution in [0.2, 0.25) is 0 Å². The molecule has 0 radical (unpaired) electrons. The van der Waals surface area contributed by atoms with Gasteiger partial charge in [-0.05, 0) is 47.0 Å². The average molecular weight is 334 g/mol. The van der Waals surface area contributed by atoms with Crippen molar-refractivity contribution in [3.8, 4) is 0 Å². The molecule has 0 amide bonds. The Bertz CT molecular complexity index is 524. The Morgan fingerprint density at radius 2 is 2.12 bits per heavy atom. The van der Waals surface area contributed by atoms with E-state index in [1.807, 2.05) is 19.1 Å². The number of alkyl halides is 1. The van der Waals surface area contributed by atoms with Gasteiger partial charge in [0.2, 0.25) is 0 Å². The van der Waals surface area contributed by atoms with Gasteiger partial charge >= 0.3 is 0 Å². The zero-order valence-electron chi connectivity index (χ0n) is 9.21. The van der Waals surface area contributed by atoms with E-state index < -0.39 is 0 Å². The summed E-state index contributed by atoms with van der Waals surface area (Å²) < 4.78 is 14.5. The summed E-state index contributed by atoms with van der Waals surface area (Å²) in [4.78, 5) is 2.26. The highest BCUT2D eigenvalue weighted by atomic mass is 79.9. The van der Waals surface area contributed by atoms with Crippen molar-refractivity contribution in [1.29, 1.82) is 0 Å². The maximum Gasteiger partial charge on any atom is 0.126 e. The number of halogens is 3. The van der Waals surface area contributed by atoms with Crippen LogP contribution in [-0.4, -0.2) is 0 Å². The fourth-order valence-electron chi connectivity index (χ4n) is 1.66. The number of rotatable bonds is 3. The largest absolute Gasteiger partial charge is 0.207 e. The van der Waals surface area contributed by atoms with Crippen LogP contribution in [0.3, 0.4) is 0 Å². The van der Waals surface area contributed by atoms with Gasteiger partial charge in [0.15, 0.2) is 0 Å². The number of thiophene rings is 1. The first-order valence-corrected chi connectivity index (χ1v) is 7.26. The van der Waals surface area contributed by atoms with Gasteiger partial charge in [-0.3, -0.25) is 0 Å². The fraction of sp³-hybridized carbons (Fsp3) is 0.231. The summed E-state index contributed by atoms with van der Waals surface area (Å²) >= 11 is 11.5. The van der Waals surface area contributed by atoms with E-state index in [0.717, 1.165) is 9.35 Å². The molecule has 0 bridgehead atoms. The molecule has 0 nitrogen and oxygen atoms in total. The highest BCUT2D eigenvalue weighted by molar-refractivity contribution is 9.10. The van der Waals surface area contributed by atoms with Gasteiger partial charge in [-0.25, -0.2) is 4.39 Å². The van der Waals surface area contributed by atoms with Gasteiger partial charge in [-0.1, -0.05) is 18.2 Å². The second-order valence-corrected chi connectivity index (χ2v) is 6.50. The highest BCUT2D eigenvalue weighted by Crippen LogP contribution is 2.37. The van der Waals surface area contributed by atoms with E-state index in [9.17, 15) is 4.39 Å². The van der Waals surface area contributed by atoms with Gasteiger partial charge in [0, 0.05) is 14.2 Å². The average Bonchev–Trinajstić information content (AvgIpc) is 2.61. The van der Waals surface area contributed by atoms with Crippen LogP contribution in [0.1, 0.15) is 20.7 Å². The minimum absolute atomic E-state index is 0.192. The SMILES string of the molecule is Cc1cc(Br)c(C(Cl)Cc2ccccc2F)s1. The van der Waals surface area contributed by atoms with E-state index in [1.54, 1.807) is 23.5 Å².